The lowest BCUT2D eigenvalue weighted by atomic mass is 10.2. The van der Waals surface area contributed by atoms with Gasteiger partial charge in [-0.3, -0.25) is 9.78 Å². The molecule has 1 aromatic rings. The van der Waals surface area contributed by atoms with Crippen molar-refractivity contribution >= 4 is 22.9 Å². The molecule has 1 saturated heterocycles. The van der Waals surface area contributed by atoms with Crippen molar-refractivity contribution in [2.75, 3.05) is 6.54 Å². The molecule has 2 heterocycles. The highest BCUT2D eigenvalue weighted by atomic mass is 32.2. The van der Waals surface area contributed by atoms with E-state index in [0.29, 0.717) is 25.4 Å². The molecular weight excluding hydrogens is 314 g/mol. The summed E-state index contributed by atoms with van der Waals surface area (Å²) in [5.74, 6) is 0.469. The Labute approximate surface area is 137 Å². The van der Waals surface area contributed by atoms with Crippen LogP contribution in [0.1, 0.15) is 36.9 Å². The molecule has 0 unspecified atom stereocenters. The lowest BCUT2D eigenvalue weighted by Gasteiger charge is -2.17. The maximum Gasteiger partial charge on any atom is 0.238 e. The van der Waals surface area contributed by atoms with Gasteiger partial charge in [0.25, 0.3) is 0 Å². The average Bonchev–Trinajstić information content (AvgIpc) is 3.24. The fourth-order valence-corrected chi connectivity index (χ4v) is 3.49. The second kappa shape index (κ2) is 7.23. The molecule has 0 spiro atoms. The molecule has 6 nitrogen and oxygen atoms in total. The Bertz CT molecular complexity index is 675. The van der Waals surface area contributed by atoms with Crippen molar-refractivity contribution in [1.29, 1.82) is 0 Å². The van der Waals surface area contributed by atoms with Gasteiger partial charge in [0.15, 0.2) is 0 Å². The normalized spacial score (nSPS) is 22.0. The topological polar surface area (TPSA) is 79.4 Å². The largest absolute Gasteiger partial charge is 0.349 e. The highest BCUT2D eigenvalue weighted by molar-refractivity contribution is 7.69. The molecule has 7 heteroatoms. The number of nitrogens with one attached hydrogen (secondary N) is 1. The molecule has 1 aromatic heterocycles. The van der Waals surface area contributed by atoms with Gasteiger partial charge in [0.1, 0.15) is 6.04 Å². The minimum atomic E-state index is -2.70. The highest BCUT2D eigenvalue weighted by Gasteiger charge is 2.32. The lowest BCUT2D eigenvalue weighted by Crippen LogP contribution is -2.42. The predicted molar refractivity (Wildman–Crippen MR) is 87.9 cm³/mol. The number of aromatic nitrogens is 1. The van der Waals surface area contributed by atoms with Gasteiger partial charge < -0.3 is 5.32 Å². The van der Waals surface area contributed by atoms with Crippen molar-refractivity contribution in [1.82, 2.24) is 14.6 Å². The first-order valence-electron chi connectivity index (χ1n) is 7.95. The second-order valence-corrected chi connectivity index (χ2v) is 7.04. The molecule has 23 heavy (non-hydrogen) atoms. The molecule has 1 N–H and O–H groups in total. The van der Waals surface area contributed by atoms with Crippen LogP contribution in [-0.4, -0.2) is 36.2 Å². The van der Waals surface area contributed by atoms with E-state index in [2.05, 4.69) is 22.5 Å². The van der Waals surface area contributed by atoms with Gasteiger partial charge >= 0.3 is 0 Å². The number of amides is 1. The van der Waals surface area contributed by atoms with Crippen LogP contribution >= 0.6 is 0 Å². The molecule has 1 saturated carbocycles. The van der Waals surface area contributed by atoms with Crippen LogP contribution in [0.5, 0.6) is 0 Å². The van der Waals surface area contributed by atoms with Gasteiger partial charge in [0, 0.05) is 12.7 Å². The van der Waals surface area contributed by atoms with Crippen LogP contribution in [0.2, 0.25) is 0 Å². The second-order valence-electron chi connectivity index (χ2n) is 6.05. The van der Waals surface area contributed by atoms with Crippen molar-refractivity contribution in [3.05, 3.63) is 35.7 Å². The van der Waals surface area contributed by atoms with Gasteiger partial charge in [0.2, 0.25) is 16.8 Å². The molecule has 0 radical (unpaired) electrons. The molecule has 1 amide bonds. The van der Waals surface area contributed by atoms with Gasteiger partial charge in [-0.1, -0.05) is 12.2 Å². The van der Waals surface area contributed by atoms with Gasteiger partial charge in [-0.25, -0.2) is 8.42 Å². The summed E-state index contributed by atoms with van der Waals surface area (Å²) in [6.07, 6.45) is 9.86. The molecule has 1 atom stereocenters. The minimum Gasteiger partial charge on any atom is -0.349 e. The zero-order chi connectivity index (χ0) is 16.2. The first-order valence-corrected chi connectivity index (χ1v) is 9.08. The smallest absolute Gasteiger partial charge is 0.238 e. The number of carbonyl (C=O) groups excluding carboxylic acids is 1. The van der Waals surface area contributed by atoms with Crippen molar-refractivity contribution in [3.8, 4) is 0 Å². The number of nitrogens with zero attached hydrogens (tertiary/aromatic N) is 2. The van der Waals surface area contributed by atoms with E-state index < -0.39 is 16.9 Å². The molecule has 0 bridgehead atoms. The third-order valence-electron chi connectivity index (χ3n) is 4.20. The van der Waals surface area contributed by atoms with Gasteiger partial charge in [0.05, 0.1) is 12.2 Å². The molecule has 2 fully saturated rings. The molecule has 2 aliphatic rings. The molecule has 124 valence electrons. The fourth-order valence-electron chi connectivity index (χ4n) is 2.74. The van der Waals surface area contributed by atoms with Gasteiger partial charge in [-0.2, -0.15) is 4.31 Å². The first kappa shape index (κ1) is 16.1. The molecule has 3 rings (SSSR count). The van der Waals surface area contributed by atoms with E-state index in [-0.39, 0.29) is 5.91 Å². The molecule has 0 aromatic carbocycles. The Morgan fingerprint density at radius 3 is 2.96 bits per heavy atom. The van der Waals surface area contributed by atoms with Crippen LogP contribution in [-0.2, 0) is 22.2 Å². The standard InChI is InChI=1S/C16H21N3O3S/c20-16(15-2-1-9-19(15)23(21)22)18-11-14-10-13(7-8-17-14)6-5-12-3-4-12/h5-8,10,12,15,23H,1-4,9,11H2,(H,18,20)/b6-5+/t15-/m0/s1. The third-order valence-corrected chi connectivity index (χ3v) is 5.10. The summed E-state index contributed by atoms with van der Waals surface area (Å²) >= 11 is 0. The van der Waals surface area contributed by atoms with Crippen LogP contribution in [0, 0.1) is 5.92 Å². The Morgan fingerprint density at radius 2 is 2.22 bits per heavy atom. The number of pyridine rings is 1. The summed E-state index contributed by atoms with van der Waals surface area (Å²) in [6, 6.07) is 3.30. The molecule has 1 aliphatic carbocycles. The maximum absolute atomic E-state index is 12.2. The van der Waals surface area contributed by atoms with Crippen molar-refractivity contribution < 1.29 is 13.2 Å². The van der Waals surface area contributed by atoms with Crippen molar-refractivity contribution in [3.63, 3.8) is 0 Å². The van der Waals surface area contributed by atoms with Crippen LogP contribution < -0.4 is 5.32 Å². The van der Waals surface area contributed by atoms with Crippen LogP contribution in [0.25, 0.3) is 6.08 Å². The zero-order valence-electron chi connectivity index (χ0n) is 12.9. The quantitative estimate of drug-likeness (QED) is 0.764. The van der Waals surface area contributed by atoms with Crippen molar-refractivity contribution in [2.24, 2.45) is 5.92 Å². The number of carbonyl (C=O) groups is 1. The van der Waals surface area contributed by atoms with Crippen molar-refractivity contribution in [2.45, 2.75) is 38.3 Å². The Hall–Kier alpha value is -1.73. The molecule has 1 aliphatic heterocycles. The Balaban J connectivity index is 1.57. The van der Waals surface area contributed by atoms with E-state index in [1.54, 1.807) is 6.20 Å². The monoisotopic (exact) mass is 335 g/mol. The maximum atomic E-state index is 12.2. The van der Waals surface area contributed by atoms with E-state index in [1.165, 1.54) is 17.1 Å². The van der Waals surface area contributed by atoms with Crippen LogP contribution in [0.15, 0.2) is 24.4 Å². The fraction of sp³-hybridized carbons (Fsp3) is 0.500. The minimum absolute atomic E-state index is 0.248. The summed E-state index contributed by atoms with van der Waals surface area (Å²) in [6.45, 7) is 0.737. The van der Waals surface area contributed by atoms with E-state index >= 15 is 0 Å². The van der Waals surface area contributed by atoms with E-state index in [1.807, 2.05) is 12.1 Å². The van der Waals surface area contributed by atoms with Crippen LogP contribution in [0.4, 0.5) is 0 Å². The molecular formula is C16H21N3O3S. The van der Waals surface area contributed by atoms with E-state index in [9.17, 15) is 13.2 Å². The highest BCUT2D eigenvalue weighted by Crippen LogP contribution is 2.30. The van der Waals surface area contributed by atoms with Gasteiger partial charge in [-0.15, -0.1) is 0 Å². The zero-order valence-corrected chi connectivity index (χ0v) is 13.7. The summed E-state index contributed by atoms with van der Waals surface area (Å²) in [4.78, 5) is 16.4. The summed E-state index contributed by atoms with van der Waals surface area (Å²) < 4.78 is 23.5. The first-order chi connectivity index (χ1) is 11.1. The number of hydrogen-bond acceptors (Lipinski definition) is 4. The third kappa shape index (κ3) is 4.39. The number of allylic oxidation sites excluding steroid dienone is 1. The lowest BCUT2D eigenvalue weighted by molar-refractivity contribution is -0.124. The van der Waals surface area contributed by atoms with Gasteiger partial charge in [-0.05, 0) is 49.3 Å². The summed E-state index contributed by atoms with van der Waals surface area (Å²) in [5, 5.41) is 2.80. The average molecular weight is 335 g/mol. The van der Waals surface area contributed by atoms with Crippen LogP contribution in [0.3, 0.4) is 0 Å². The van der Waals surface area contributed by atoms with E-state index in [4.69, 9.17) is 0 Å². The number of thiol groups is 1. The number of hydrogen-bond donors (Lipinski definition) is 2. The summed E-state index contributed by atoms with van der Waals surface area (Å²) in [7, 11) is -2.70. The van der Waals surface area contributed by atoms with E-state index in [0.717, 1.165) is 17.7 Å². The summed E-state index contributed by atoms with van der Waals surface area (Å²) in [5.41, 5.74) is 1.84. The SMILES string of the molecule is O=C(NCc1cc(/C=C/C2CC2)ccn1)[C@@H]1CCCN1[SH](=O)=O. The number of rotatable bonds is 6. The Kier molecular flexibility index (Phi) is 5.07. The predicted octanol–water partition coefficient (Wildman–Crippen LogP) is 1.11. The Morgan fingerprint density at radius 1 is 1.39 bits per heavy atom.